The van der Waals surface area contributed by atoms with Gasteiger partial charge in [0.2, 0.25) is 0 Å². The predicted molar refractivity (Wildman–Crippen MR) is 51.7 cm³/mol. The molecule has 7 atom stereocenters. The van der Waals surface area contributed by atoms with Crippen LogP contribution in [-0.4, -0.2) is 23.4 Å². The highest BCUT2D eigenvalue weighted by Crippen LogP contribution is 2.58. The van der Waals surface area contributed by atoms with Crippen molar-refractivity contribution in [2.75, 3.05) is 0 Å². The van der Waals surface area contributed by atoms with Gasteiger partial charge in [-0.05, 0) is 0 Å². The number of ether oxygens (including phenoxy) is 1. The molecule has 14 heavy (non-hydrogen) atoms. The highest BCUT2D eigenvalue weighted by atomic mass is 35.5. The van der Waals surface area contributed by atoms with E-state index in [1.807, 2.05) is 6.08 Å². The molecule has 0 spiro atoms. The van der Waals surface area contributed by atoms with Crippen molar-refractivity contribution in [3.8, 4) is 0 Å². The van der Waals surface area contributed by atoms with E-state index in [1.54, 1.807) is 0 Å². The third-order valence-corrected chi connectivity index (χ3v) is 4.61. The topological polar surface area (TPSA) is 29.5 Å². The van der Waals surface area contributed by atoms with Gasteiger partial charge in [0.05, 0.1) is 18.3 Å². The van der Waals surface area contributed by atoms with Gasteiger partial charge in [0, 0.05) is 28.7 Å². The first-order chi connectivity index (χ1) is 6.77. The largest absolute Gasteiger partial charge is 0.392 e. The van der Waals surface area contributed by atoms with Gasteiger partial charge in [-0.2, -0.15) is 0 Å². The molecule has 1 heterocycles. The predicted octanol–water partition coefficient (Wildman–Crippen LogP) is 1.30. The maximum atomic E-state index is 10.2. The zero-order valence-corrected chi connectivity index (χ0v) is 8.26. The summed E-state index contributed by atoms with van der Waals surface area (Å²) in [7, 11) is 0. The molecule has 4 rings (SSSR count). The lowest BCUT2D eigenvalue weighted by Crippen LogP contribution is -2.46. The van der Waals surface area contributed by atoms with Gasteiger partial charge in [-0.3, -0.25) is 0 Å². The average molecular weight is 211 g/mol. The normalized spacial score (nSPS) is 62.1. The van der Waals surface area contributed by atoms with Crippen LogP contribution < -0.4 is 0 Å². The fourth-order valence-electron chi connectivity index (χ4n) is 3.70. The maximum absolute atomic E-state index is 10.2. The summed E-state index contributed by atoms with van der Waals surface area (Å²) in [5.41, 5.74) is 0. The first-order valence-electron chi connectivity index (χ1n) is 5.16. The summed E-state index contributed by atoms with van der Waals surface area (Å²) in [6, 6.07) is 0. The van der Waals surface area contributed by atoms with Crippen molar-refractivity contribution < 1.29 is 9.84 Å². The summed E-state index contributed by atoms with van der Waals surface area (Å²) in [6.07, 6.45) is 6.41. The van der Waals surface area contributed by atoms with E-state index in [2.05, 4.69) is 12.2 Å². The van der Waals surface area contributed by atoms with Crippen LogP contribution in [0.3, 0.4) is 0 Å². The fraction of sp³-hybridized carbons (Fsp3) is 0.636. The highest BCUT2D eigenvalue weighted by molar-refractivity contribution is 6.30. The summed E-state index contributed by atoms with van der Waals surface area (Å²) in [4.78, 5) is 0. The fourth-order valence-corrected chi connectivity index (χ4v) is 4.04. The van der Waals surface area contributed by atoms with Crippen molar-refractivity contribution in [1.82, 2.24) is 0 Å². The van der Waals surface area contributed by atoms with E-state index in [0.717, 1.165) is 5.03 Å². The van der Waals surface area contributed by atoms with Gasteiger partial charge >= 0.3 is 0 Å². The van der Waals surface area contributed by atoms with E-state index >= 15 is 0 Å². The minimum absolute atomic E-state index is 0.0344. The van der Waals surface area contributed by atoms with E-state index in [9.17, 15) is 5.11 Å². The van der Waals surface area contributed by atoms with Crippen LogP contribution in [0.25, 0.3) is 0 Å². The average Bonchev–Trinajstić information content (AvgIpc) is 2.60. The van der Waals surface area contributed by atoms with E-state index in [4.69, 9.17) is 16.3 Å². The molecule has 2 nitrogen and oxygen atoms in total. The number of hydrogen-bond donors (Lipinski definition) is 1. The molecule has 7 unspecified atom stereocenters. The Hall–Kier alpha value is -0.310. The molecule has 3 heteroatoms. The molecule has 0 aromatic carbocycles. The molecule has 1 saturated heterocycles. The minimum Gasteiger partial charge on any atom is -0.392 e. The lowest BCUT2D eigenvalue weighted by Gasteiger charge is -2.39. The Morgan fingerprint density at radius 1 is 1.21 bits per heavy atom. The Morgan fingerprint density at radius 2 is 2.00 bits per heavy atom. The number of rotatable bonds is 0. The molecule has 1 N–H and O–H groups in total. The molecule has 3 aliphatic carbocycles. The van der Waals surface area contributed by atoms with Crippen LogP contribution in [-0.2, 0) is 4.74 Å². The summed E-state index contributed by atoms with van der Waals surface area (Å²) >= 11 is 6.16. The van der Waals surface area contributed by atoms with Crippen molar-refractivity contribution in [2.45, 2.75) is 18.3 Å². The molecule has 1 saturated carbocycles. The molecule has 0 radical (unpaired) electrons. The quantitative estimate of drug-likeness (QED) is 0.611. The van der Waals surface area contributed by atoms with Crippen molar-refractivity contribution in [2.24, 2.45) is 23.7 Å². The van der Waals surface area contributed by atoms with Gasteiger partial charge < -0.3 is 9.84 Å². The van der Waals surface area contributed by atoms with Crippen molar-refractivity contribution in [3.05, 3.63) is 23.3 Å². The number of aliphatic hydroxyl groups is 1. The number of halogens is 1. The van der Waals surface area contributed by atoms with Crippen LogP contribution in [0.15, 0.2) is 23.3 Å². The lowest BCUT2D eigenvalue weighted by atomic mass is 9.66. The minimum atomic E-state index is -0.258. The summed E-state index contributed by atoms with van der Waals surface area (Å²) < 4.78 is 5.92. The van der Waals surface area contributed by atoms with Crippen molar-refractivity contribution in [3.63, 3.8) is 0 Å². The third-order valence-electron chi connectivity index (χ3n) is 4.27. The maximum Gasteiger partial charge on any atom is 0.0991 e. The Balaban J connectivity index is 1.95. The monoisotopic (exact) mass is 210 g/mol. The van der Waals surface area contributed by atoms with E-state index < -0.39 is 0 Å². The van der Waals surface area contributed by atoms with Crippen LogP contribution in [0.1, 0.15) is 0 Å². The van der Waals surface area contributed by atoms with Crippen LogP contribution in [0.5, 0.6) is 0 Å². The first-order valence-corrected chi connectivity index (χ1v) is 5.54. The molecule has 0 amide bonds. The number of aliphatic hydroxyl groups excluding tert-OH is 1. The smallest absolute Gasteiger partial charge is 0.0991 e. The van der Waals surface area contributed by atoms with E-state index in [1.165, 1.54) is 0 Å². The number of fused-ring (bicyclic) bond motifs is 2. The molecule has 4 aliphatic rings. The molecule has 5 bridgehead atoms. The van der Waals surface area contributed by atoms with Gasteiger partial charge in [-0.25, -0.2) is 0 Å². The summed E-state index contributed by atoms with van der Waals surface area (Å²) in [6.45, 7) is 0. The summed E-state index contributed by atoms with van der Waals surface area (Å²) in [5, 5.41) is 11.0. The van der Waals surface area contributed by atoms with E-state index in [-0.39, 0.29) is 30.1 Å². The van der Waals surface area contributed by atoms with Crippen LogP contribution >= 0.6 is 11.6 Å². The first kappa shape index (κ1) is 7.91. The second-order valence-electron chi connectivity index (χ2n) is 4.76. The van der Waals surface area contributed by atoms with Gasteiger partial charge in [0.1, 0.15) is 0 Å². The molecule has 0 aromatic heterocycles. The van der Waals surface area contributed by atoms with E-state index in [0.29, 0.717) is 11.8 Å². The molecule has 74 valence electrons. The van der Waals surface area contributed by atoms with Crippen LogP contribution in [0.2, 0.25) is 0 Å². The molecule has 0 aromatic rings. The van der Waals surface area contributed by atoms with Crippen molar-refractivity contribution in [1.29, 1.82) is 0 Å². The Labute approximate surface area is 87.2 Å². The van der Waals surface area contributed by atoms with Gasteiger partial charge in [-0.15, -0.1) is 0 Å². The zero-order valence-electron chi connectivity index (χ0n) is 7.51. The molecular formula is C11H11ClO2. The standard InChI is InChI=1S/C11H11ClO2/c12-7-3-6-4-1-2-5-8(9(6)13)11(7)14-10(4)5/h1-6,8-11,13H. The molecular weight excluding hydrogens is 200 g/mol. The Bertz CT molecular complexity index is 362. The lowest BCUT2D eigenvalue weighted by molar-refractivity contribution is 0.00804. The van der Waals surface area contributed by atoms with Gasteiger partial charge in [-0.1, -0.05) is 29.8 Å². The van der Waals surface area contributed by atoms with Crippen LogP contribution in [0.4, 0.5) is 0 Å². The highest BCUT2D eigenvalue weighted by Gasteiger charge is 2.62. The third kappa shape index (κ3) is 0.669. The Morgan fingerprint density at radius 3 is 2.86 bits per heavy atom. The molecule has 1 aliphatic heterocycles. The second-order valence-corrected chi connectivity index (χ2v) is 5.19. The number of hydrogen-bond acceptors (Lipinski definition) is 2. The van der Waals surface area contributed by atoms with Crippen LogP contribution in [0, 0.1) is 23.7 Å². The van der Waals surface area contributed by atoms with Gasteiger partial charge in [0.25, 0.3) is 0 Å². The Kier molecular flexibility index (Phi) is 1.28. The van der Waals surface area contributed by atoms with Gasteiger partial charge in [0.15, 0.2) is 0 Å². The van der Waals surface area contributed by atoms with Crippen molar-refractivity contribution >= 4 is 11.6 Å². The zero-order chi connectivity index (χ0) is 9.45. The SMILES string of the molecule is OC1C2C=C(Cl)C3OC4C2C=CC4C31. The summed E-state index contributed by atoms with van der Waals surface area (Å²) in [5.74, 6) is 1.15. The molecule has 2 fully saturated rings. The second kappa shape index (κ2) is 2.26.